The average molecular weight is 621 g/mol. The average Bonchev–Trinajstić information content (AvgIpc) is 3.44. The van der Waals surface area contributed by atoms with E-state index in [0.717, 1.165) is 41.6 Å². The standard InChI is InChI=1S/C30H32Cl2FN3O4S/c1-20-11-15-25(16-12-20)41(39,40)36(28-10-6-5-9-27(28)33)19-29(37)35(18-22-13-14-23(31)17-26(22)32)21(2)30(38)34-24-7-3-4-8-24/h5-6,9-17,21,24H,3-4,7-8,18-19H2,1-2H3,(H,34,38)/t21-/m0/s1. The topological polar surface area (TPSA) is 86.8 Å². The third kappa shape index (κ3) is 7.39. The van der Waals surface area contributed by atoms with Gasteiger partial charge in [-0.3, -0.25) is 13.9 Å². The zero-order valence-corrected chi connectivity index (χ0v) is 25.1. The Kier molecular flexibility index (Phi) is 9.94. The molecular weight excluding hydrogens is 588 g/mol. The Labute approximate surface area is 250 Å². The molecule has 41 heavy (non-hydrogen) atoms. The van der Waals surface area contributed by atoms with Gasteiger partial charge in [0.1, 0.15) is 18.4 Å². The predicted molar refractivity (Wildman–Crippen MR) is 159 cm³/mol. The van der Waals surface area contributed by atoms with Crippen molar-refractivity contribution in [2.24, 2.45) is 0 Å². The Morgan fingerprint density at radius 1 is 1.02 bits per heavy atom. The summed E-state index contributed by atoms with van der Waals surface area (Å²) >= 11 is 12.5. The number of rotatable bonds is 10. The maximum Gasteiger partial charge on any atom is 0.264 e. The number of para-hydroxylation sites is 1. The second kappa shape index (κ2) is 13.2. The SMILES string of the molecule is Cc1ccc(S(=O)(=O)N(CC(=O)N(Cc2ccc(Cl)cc2Cl)[C@@H](C)C(=O)NC2CCCC2)c2ccccc2F)cc1. The molecule has 0 bridgehead atoms. The second-order valence-electron chi connectivity index (χ2n) is 10.2. The molecule has 0 saturated heterocycles. The summed E-state index contributed by atoms with van der Waals surface area (Å²) in [5.41, 5.74) is 1.07. The number of nitrogens with zero attached hydrogens (tertiary/aromatic N) is 2. The van der Waals surface area contributed by atoms with Gasteiger partial charge in [-0.15, -0.1) is 0 Å². The highest BCUT2D eigenvalue weighted by molar-refractivity contribution is 7.92. The number of sulfonamides is 1. The van der Waals surface area contributed by atoms with E-state index in [9.17, 15) is 18.0 Å². The van der Waals surface area contributed by atoms with Crippen LogP contribution in [0.15, 0.2) is 71.6 Å². The molecule has 0 unspecified atom stereocenters. The Bertz CT molecular complexity index is 1510. The summed E-state index contributed by atoms with van der Waals surface area (Å²) in [7, 11) is -4.37. The minimum Gasteiger partial charge on any atom is -0.352 e. The van der Waals surface area contributed by atoms with E-state index in [1.165, 1.54) is 41.3 Å². The summed E-state index contributed by atoms with van der Waals surface area (Å²) in [5.74, 6) is -1.88. The van der Waals surface area contributed by atoms with Crippen LogP contribution in [0.4, 0.5) is 10.1 Å². The molecule has 1 fully saturated rings. The summed E-state index contributed by atoms with van der Waals surface area (Å²) in [6.07, 6.45) is 3.73. The van der Waals surface area contributed by atoms with Crippen LogP contribution in [0.3, 0.4) is 0 Å². The maximum atomic E-state index is 15.0. The van der Waals surface area contributed by atoms with E-state index in [1.54, 1.807) is 31.2 Å². The van der Waals surface area contributed by atoms with Crippen molar-refractivity contribution in [2.75, 3.05) is 10.8 Å². The first kappa shape index (κ1) is 30.8. The van der Waals surface area contributed by atoms with E-state index in [2.05, 4.69) is 5.32 Å². The van der Waals surface area contributed by atoms with E-state index >= 15 is 4.39 Å². The van der Waals surface area contributed by atoms with Crippen LogP contribution >= 0.6 is 23.2 Å². The molecule has 3 aromatic rings. The smallest absolute Gasteiger partial charge is 0.264 e. The van der Waals surface area contributed by atoms with Crippen molar-refractivity contribution in [3.8, 4) is 0 Å². The lowest BCUT2D eigenvalue weighted by molar-refractivity contribution is -0.139. The van der Waals surface area contributed by atoms with Crippen molar-refractivity contribution in [1.29, 1.82) is 0 Å². The van der Waals surface area contributed by atoms with Gasteiger partial charge in [0.05, 0.1) is 10.6 Å². The van der Waals surface area contributed by atoms with Gasteiger partial charge in [-0.25, -0.2) is 12.8 Å². The normalized spacial score (nSPS) is 14.5. The van der Waals surface area contributed by atoms with Gasteiger partial charge in [0.15, 0.2) is 0 Å². The van der Waals surface area contributed by atoms with Crippen LogP contribution in [-0.4, -0.2) is 43.8 Å². The Morgan fingerprint density at radius 2 is 1.68 bits per heavy atom. The van der Waals surface area contributed by atoms with Crippen molar-refractivity contribution in [1.82, 2.24) is 10.2 Å². The number of amides is 2. The fourth-order valence-electron chi connectivity index (χ4n) is 4.81. The Hall–Kier alpha value is -3.14. The molecule has 0 heterocycles. The zero-order valence-electron chi connectivity index (χ0n) is 22.8. The van der Waals surface area contributed by atoms with Crippen LogP contribution in [0.2, 0.25) is 10.0 Å². The minimum absolute atomic E-state index is 0.0119. The molecule has 1 N–H and O–H groups in total. The molecule has 4 rings (SSSR count). The maximum absolute atomic E-state index is 15.0. The molecule has 0 spiro atoms. The molecule has 1 saturated carbocycles. The highest BCUT2D eigenvalue weighted by Crippen LogP contribution is 2.28. The summed E-state index contributed by atoms with van der Waals surface area (Å²) in [6, 6.07) is 15.2. The van der Waals surface area contributed by atoms with Gasteiger partial charge in [0.2, 0.25) is 11.8 Å². The third-order valence-electron chi connectivity index (χ3n) is 7.23. The van der Waals surface area contributed by atoms with Gasteiger partial charge in [0, 0.05) is 22.6 Å². The first-order valence-electron chi connectivity index (χ1n) is 13.3. The van der Waals surface area contributed by atoms with Gasteiger partial charge < -0.3 is 10.2 Å². The number of anilines is 1. The molecule has 0 radical (unpaired) electrons. The third-order valence-corrected chi connectivity index (χ3v) is 9.59. The van der Waals surface area contributed by atoms with Crippen LogP contribution < -0.4 is 9.62 Å². The Morgan fingerprint density at radius 3 is 2.32 bits per heavy atom. The quantitative estimate of drug-likeness (QED) is 0.296. The number of carbonyl (C=O) groups is 2. The van der Waals surface area contributed by atoms with Gasteiger partial charge in [0.25, 0.3) is 10.0 Å². The number of aryl methyl sites for hydroxylation is 1. The van der Waals surface area contributed by atoms with Gasteiger partial charge in [-0.2, -0.15) is 0 Å². The summed E-state index contributed by atoms with van der Waals surface area (Å²) in [5, 5.41) is 3.69. The Balaban J connectivity index is 1.71. The molecule has 1 aliphatic rings. The summed E-state index contributed by atoms with van der Waals surface area (Å²) < 4.78 is 43.4. The van der Waals surface area contributed by atoms with Crippen LogP contribution in [0.25, 0.3) is 0 Å². The highest BCUT2D eigenvalue weighted by atomic mass is 35.5. The van der Waals surface area contributed by atoms with Crippen molar-refractivity contribution < 1.29 is 22.4 Å². The molecule has 1 aliphatic carbocycles. The number of benzene rings is 3. The van der Waals surface area contributed by atoms with Crippen molar-refractivity contribution in [3.05, 3.63) is 93.7 Å². The lowest BCUT2D eigenvalue weighted by Gasteiger charge is -2.32. The molecule has 0 aliphatic heterocycles. The van der Waals surface area contributed by atoms with E-state index < -0.39 is 34.3 Å². The van der Waals surface area contributed by atoms with Crippen molar-refractivity contribution in [3.63, 3.8) is 0 Å². The number of nitrogens with one attached hydrogen (secondary N) is 1. The monoisotopic (exact) mass is 619 g/mol. The molecule has 0 aromatic heterocycles. The van der Waals surface area contributed by atoms with E-state index in [0.29, 0.717) is 10.6 Å². The lowest BCUT2D eigenvalue weighted by Crippen LogP contribution is -2.52. The highest BCUT2D eigenvalue weighted by Gasteiger charge is 2.34. The first-order valence-corrected chi connectivity index (χ1v) is 15.5. The minimum atomic E-state index is -4.37. The van der Waals surface area contributed by atoms with Crippen LogP contribution in [0.1, 0.15) is 43.7 Å². The molecule has 3 aromatic carbocycles. The van der Waals surface area contributed by atoms with E-state index in [4.69, 9.17) is 23.2 Å². The number of carbonyl (C=O) groups excluding carboxylic acids is 2. The molecule has 1 atom stereocenters. The van der Waals surface area contributed by atoms with Crippen LogP contribution in [0.5, 0.6) is 0 Å². The van der Waals surface area contributed by atoms with Gasteiger partial charge in [-0.1, -0.05) is 71.9 Å². The van der Waals surface area contributed by atoms with Crippen molar-refractivity contribution in [2.45, 2.75) is 63.1 Å². The van der Waals surface area contributed by atoms with Gasteiger partial charge in [-0.05, 0) is 68.7 Å². The van der Waals surface area contributed by atoms with E-state index in [1.807, 2.05) is 6.92 Å². The molecule has 218 valence electrons. The zero-order chi connectivity index (χ0) is 29.7. The van der Waals surface area contributed by atoms with E-state index in [-0.39, 0.29) is 34.1 Å². The van der Waals surface area contributed by atoms with Crippen molar-refractivity contribution >= 4 is 50.7 Å². The number of halogens is 3. The molecule has 7 nitrogen and oxygen atoms in total. The largest absolute Gasteiger partial charge is 0.352 e. The van der Waals surface area contributed by atoms with Crippen LogP contribution in [-0.2, 0) is 26.2 Å². The predicted octanol–water partition coefficient (Wildman–Crippen LogP) is 6.11. The molecule has 11 heteroatoms. The number of hydrogen-bond donors (Lipinski definition) is 1. The summed E-state index contributed by atoms with van der Waals surface area (Å²) in [6.45, 7) is 2.55. The lowest BCUT2D eigenvalue weighted by atomic mass is 10.1. The van der Waals surface area contributed by atoms with Crippen LogP contribution in [0, 0.1) is 12.7 Å². The fourth-order valence-corrected chi connectivity index (χ4v) is 6.70. The first-order chi connectivity index (χ1) is 19.5. The van der Waals surface area contributed by atoms with Gasteiger partial charge >= 0.3 is 0 Å². The molecule has 2 amide bonds. The fraction of sp³-hybridized carbons (Fsp3) is 0.333. The summed E-state index contributed by atoms with van der Waals surface area (Å²) in [4.78, 5) is 28.4. The number of hydrogen-bond acceptors (Lipinski definition) is 4. The second-order valence-corrected chi connectivity index (χ2v) is 12.9. The molecular formula is C30H32Cl2FN3O4S.